The lowest BCUT2D eigenvalue weighted by Gasteiger charge is -2.31. The minimum absolute atomic E-state index is 0.303. The van der Waals surface area contributed by atoms with Gasteiger partial charge in [0.15, 0.2) is 16.6 Å². The molecule has 0 unspecified atom stereocenters. The van der Waals surface area contributed by atoms with Crippen molar-refractivity contribution in [2.75, 3.05) is 19.5 Å². The summed E-state index contributed by atoms with van der Waals surface area (Å²) >= 11 is 11.5. The summed E-state index contributed by atoms with van der Waals surface area (Å²) in [4.78, 5) is 13.2. The van der Waals surface area contributed by atoms with Crippen molar-refractivity contribution in [2.24, 2.45) is 0 Å². The zero-order valence-corrected chi connectivity index (χ0v) is 17.2. The summed E-state index contributed by atoms with van der Waals surface area (Å²) in [6.07, 6.45) is 0. The molecule has 8 heteroatoms. The minimum Gasteiger partial charge on any atom is -0.493 e. The number of thiocarbonyl (C=S) groups is 1. The number of hydrogen-bond donors (Lipinski definition) is 3. The summed E-state index contributed by atoms with van der Waals surface area (Å²) < 4.78 is 10.9. The van der Waals surface area contributed by atoms with Gasteiger partial charge in [0.2, 0.25) is 0 Å². The highest BCUT2D eigenvalue weighted by atomic mass is 35.5. The summed E-state index contributed by atoms with van der Waals surface area (Å²) in [6.45, 7) is 1.80. The van der Waals surface area contributed by atoms with E-state index in [9.17, 15) is 4.79 Å². The molecule has 3 rings (SSSR count). The summed E-state index contributed by atoms with van der Waals surface area (Å²) in [7, 11) is 3.12. The number of anilines is 1. The maximum absolute atomic E-state index is 13.2. The van der Waals surface area contributed by atoms with Crippen LogP contribution in [0.2, 0.25) is 5.02 Å². The predicted molar refractivity (Wildman–Crippen MR) is 114 cm³/mol. The van der Waals surface area contributed by atoms with Gasteiger partial charge in [-0.2, -0.15) is 0 Å². The van der Waals surface area contributed by atoms with E-state index in [1.807, 2.05) is 12.1 Å². The fourth-order valence-electron chi connectivity index (χ4n) is 3.12. The number of allylic oxidation sites excluding steroid dienone is 1. The Bertz CT molecular complexity index is 961. The molecule has 0 aliphatic carbocycles. The van der Waals surface area contributed by atoms with Gasteiger partial charge < -0.3 is 25.4 Å². The van der Waals surface area contributed by atoms with Gasteiger partial charge in [0, 0.05) is 11.3 Å². The molecule has 0 aromatic heterocycles. The SMILES string of the molecule is COc1cccc([C@@H]2NC(=S)NC(C)=C2C(=O)Nc2ccccc2Cl)c1OC. The van der Waals surface area contributed by atoms with Crippen molar-refractivity contribution < 1.29 is 14.3 Å². The van der Waals surface area contributed by atoms with Crippen LogP contribution < -0.4 is 25.4 Å². The summed E-state index contributed by atoms with van der Waals surface area (Å²) in [5, 5.41) is 9.90. The van der Waals surface area contributed by atoms with Gasteiger partial charge >= 0.3 is 0 Å². The van der Waals surface area contributed by atoms with Gasteiger partial charge in [0.05, 0.1) is 36.5 Å². The molecule has 146 valence electrons. The molecule has 0 bridgehead atoms. The third-order valence-electron chi connectivity index (χ3n) is 4.38. The zero-order chi connectivity index (χ0) is 20.3. The molecule has 0 spiro atoms. The lowest BCUT2D eigenvalue weighted by molar-refractivity contribution is -0.113. The summed E-state index contributed by atoms with van der Waals surface area (Å²) in [6, 6.07) is 12.0. The third kappa shape index (κ3) is 3.90. The molecular formula is C20H20ClN3O3S. The number of carbonyl (C=O) groups is 1. The molecule has 0 fully saturated rings. The predicted octanol–water partition coefficient (Wildman–Crippen LogP) is 3.79. The number of carbonyl (C=O) groups excluding carboxylic acids is 1. The molecular weight excluding hydrogens is 398 g/mol. The van der Waals surface area contributed by atoms with Crippen LogP contribution in [0.1, 0.15) is 18.5 Å². The van der Waals surface area contributed by atoms with Crippen LogP contribution in [0.4, 0.5) is 5.69 Å². The maximum Gasteiger partial charge on any atom is 0.255 e. The lowest BCUT2D eigenvalue weighted by atomic mass is 9.93. The van der Waals surface area contributed by atoms with Gasteiger partial charge in [0.25, 0.3) is 5.91 Å². The van der Waals surface area contributed by atoms with E-state index in [0.29, 0.717) is 38.6 Å². The van der Waals surface area contributed by atoms with Gasteiger partial charge in [-0.1, -0.05) is 35.9 Å². The van der Waals surface area contributed by atoms with Crippen LogP contribution in [-0.4, -0.2) is 25.2 Å². The number of hydrogen-bond acceptors (Lipinski definition) is 4. The Kier molecular flexibility index (Phi) is 6.06. The monoisotopic (exact) mass is 417 g/mol. The Balaban J connectivity index is 2.05. The Morgan fingerprint density at radius 3 is 2.57 bits per heavy atom. The highest BCUT2D eigenvalue weighted by molar-refractivity contribution is 7.80. The van der Waals surface area contributed by atoms with E-state index >= 15 is 0 Å². The first-order chi connectivity index (χ1) is 13.5. The van der Waals surface area contributed by atoms with E-state index in [2.05, 4.69) is 16.0 Å². The Labute approximate surface area is 173 Å². The zero-order valence-electron chi connectivity index (χ0n) is 15.6. The first-order valence-corrected chi connectivity index (χ1v) is 9.30. The van der Waals surface area contributed by atoms with Gasteiger partial charge in [-0.15, -0.1) is 0 Å². The Morgan fingerprint density at radius 2 is 1.89 bits per heavy atom. The van der Waals surface area contributed by atoms with E-state index in [1.165, 1.54) is 0 Å². The number of rotatable bonds is 5. The molecule has 2 aromatic rings. The second-order valence-electron chi connectivity index (χ2n) is 6.09. The molecule has 3 N–H and O–H groups in total. The molecule has 1 atom stereocenters. The number of methoxy groups -OCH3 is 2. The van der Waals surface area contributed by atoms with Crippen molar-refractivity contribution in [2.45, 2.75) is 13.0 Å². The van der Waals surface area contributed by atoms with Crippen molar-refractivity contribution >= 4 is 40.5 Å². The lowest BCUT2D eigenvalue weighted by Crippen LogP contribution is -2.45. The number of benzene rings is 2. The molecule has 1 aliphatic heterocycles. The molecule has 0 radical (unpaired) electrons. The Morgan fingerprint density at radius 1 is 1.14 bits per heavy atom. The highest BCUT2D eigenvalue weighted by Crippen LogP contribution is 2.39. The van der Waals surface area contributed by atoms with Crippen LogP contribution in [0.25, 0.3) is 0 Å². The quantitative estimate of drug-likeness (QED) is 0.643. The van der Waals surface area contributed by atoms with Crippen molar-refractivity contribution in [3.63, 3.8) is 0 Å². The first-order valence-electron chi connectivity index (χ1n) is 8.51. The fourth-order valence-corrected chi connectivity index (χ4v) is 3.57. The maximum atomic E-state index is 13.2. The molecule has 28 heavy (non-hydrogen) atoms. The van der Waals surface area contributed by atoms with Crippen molar-refractivity contribution in [3.05, 3.63) is 64.3 Å². The summed E-state index contributed by atoms with van der Waals surface area (Å²) in [5.74, 6) is 0.792. The molecule has 0 saturated heterocycles. The van der Waals surface area contributed by atoms with Crippen LogP contribution in [0.3, 0.4) is 0 Å². The topological polar surface area (TPSA) is 71.6 Å². The molecule has 0 saturated carbocycles. The second-order valence-corrected chi connectivity index (χ2v) is 6.90. The minimum atomic E-state index is -0.527. The fraction of sp³-hybridized carbons (Fsp3) is 0.200. The molecule has 1 aliphatic rings. The number of halogens is 1. The van der Waals surface area contributed by atoms with E-state index in [4.69, 9.17) is 33.3 Å². The molecule has 1 heterocycles. The van der Waals surface area contributed by atoms with Gasteiger partial charge in [-0.05, 0) is 37.3 Å². The van der Waals surface area contributed by atoms with Crippen LogP contribution in [0, 0.1) is 0 Å². The second kappa shape index (κ2) is 8.50. The molecule has 6 nitrogen and oxygen atoms in total. The normalized spacial score (nSPS) is 16.1. The van der Waals surface area contributed by atoms with E-state index in [0.717, 1.165) is 5.56 Å². The Hall–Kier alpha value is -2.77. The average molecular weight is 418 g/mol. The highest BCUT2D eigenvalue weighted by Gasteiger charge is 2.32. The van der Waals surface area contributed by atoms with Gasteiger partial charge in [-0.3, -0.25) is 4.79 Å². The number of para-hydroxylation sites is 2. The number of ether oxygens (including phenoxy) is 2. The molecule has 1 amide bonds. The molecule has 2 aromatic carbocycles. The van der Waals surface area contributed by atoms with Crippen molar-refractivity contribution in [1.82, 2.24) is 10.6 Å². The van der Waals surface area contributed by atoms with Crippen molar-refractivity contribution in [3.8, 4) is 11.5 Å². The van der Waals surface area contributed by atoms with E-state index in [1.54, 1.807) is 51.5 Å². The van der Waals surface area contributed by atoms with E-state index < -0.39 is 6.04 Å². The van der Waals surface area contributed by atoms with Crippen LogP contribution in [0.5, 0.6) is 11.5 Å². The van der Waals surface area contributed by atoms with Crippen molar-refractivity contribution in [1.29, 1.82) is 0 Å². The first kappa shape index (κ1) is 20.0. The number of amides is 1. The summed E-state index contributed by atoms with van der Waals surface area (Å²) in [5.41, 5.74) is 2.37. The van der Waals surface area contributed by atoms with Gasteiger partial charge in [-0.25, -0.2) is 0 Å². The third-order valence-corrected chi connectivity index (χ3v) is 4.93. The van der Waals surface area contributed by atoms with E-state index in [-0.39, 0.29) is 5.91 Å². The van der Waals surface area contributed by atoms with Gasteiger partial charge in [0.1, 0.15) is 0 Å². The standard InChI is InChI=1S/C20H20ClN3O3S/c1-11-16(19(25)23-14-9-5-4-8-13(14)21)17(24-20(28)22-11)12-7-6-10-15(26-2)18(12)27-3/h4-10,17H,1-3H3,(H,23,25)(H2,22,24,28)/t17-/m0/s1. The van der Waals surface area contributed by atoms with Crippen LogP contribution in [-0.2, 0) is 4.79 Å². The average Bonchev–Trinajstić information content (AvgIpc) is 2.68. The van der Waals surface area contributed by atoms with Crippen LogP contribution >= 0.6 is 23.8 Å². The van der Waals surface area contributed by atoms with Crippen LogP contribution in [0.15, 0.2) is 53.7 Å². The smallest absolute Gasteiger partial charge is 0.255 e. The largest absolute Gasteiger partial charge is 0.493 e. The number of nitrogens with one attached hydrogen (secondary N) is 3.